The summed E-state index contributed by atoms with van der Waals surface area (Å²) in [6.45, 7) is 3.70. The van der Waals surface area contributed by atoms with Gasteiger partial charge in [-0.15, -0.1) is 0 Å². The standard InChI is InChI=1S/C15H20N4O3/c1-3-13-19-14(9(2)21-13)15(20)18-11-5-4-6-12(11)22-10-7-16-17-8-10/h7-8,11-12H,3-6H2,1-2H3,(H,16,17)(H,18,20)/t11-,12+/m0/s1. The molecule has 2 aromatic rings. The van der Waals surface area contributed by atoms with Crippen LogP contribution < -0.4 is 10.1 Å². The number of aryl methyl sites for hydroxylation is 2. The largest absolute Gasteiger partial charge is 0.485 e. The van der Waals surface area contributed by atoms with Crippen molar-refractivity contribution in [3.05, 3.63) is 29.7 Å². The lowest BCUT2D eigenvalue weighted by Crippen LogP contribution is -2.42. The van der Waals surface area contributed by atoms with E-state index in [1.807, 2.05) is 6.92 Å². The maximum Gasteiger partial charge on any atom is 0.273 e. The zero-order valence-corrected chi connectivity index (χ0v) is 12.8. The molecule has 7 heteroatoms. The molecule has 0 radical (unpaired) electrons. The Kier molecular flexibility index (Phi) is 4.13. The Morgan fingerprint density at radius 1 is 1.55 bits per heavy atom. The summed E-state index contributed by atoms with van der Waals surface area (Å²) in [7, 11) is 0. The Morgan fingerprint density at radius 2 is 2.41 bits per heavy atom. The molecule has 7 nitrogen and oxygen atoms in total. The minimum atomic E-state index is -0.200. The van der Waals surface area contributed by atoms with Crippen LogP contribution in [0, 0.1) is 6.92 Å². The fourth-order valence-electron chi connectivity index (χ4n) is 2.76. The maximum atomic E-state index is 12.4. The Morgan fingerprint density at radius 3 is 3.09 bits per heavy atom. The summed E-state index contributed by atoms with van der Waals surface area (Å²) in [5, 5.41) is 9.60. The first kappa shape index (κ1) is 14.6. The van der Waals surface area contributed by atoms with Gasteiger partial charge in [-0.25, -0.2) is 4.98 Å². The van der Waals surface area contributed by atoms with Crippen molar-refractivity contribution in [2.45, 2.75) is 51.7 Å². The molecular formula is C15H20N4O3. The van der Waals surface area contributed by atoms with Gasteiger partial charge in [-0.2, -0.15) is 5.10 Å². The predicted molar refractivity (Wildman–Crippen MR) is 78.7 cm³/mol. The summed E-state index contributed by atoms with van der Waals surface area (Å²) in [6.07, 6.45) is 6.79. The summed E-state index contributed by atoms with van der Waals surface area (Å²) in [4.78, 5) is 16.6. The van der Waals surface area contributed by atoms with E-state index in [4.69, 9.17) is 9.15 Å². The third-order valence-electron chi connectivity index (χ3n) is 3.89. The Labute approximate surface area is 128 Å². The van der Waals surface area contributed by atoms with Crippen molar-refractivity contribution < 1.29 is 13.9 Å². The van der Waals surface area contributed by atoms with Gasteiger partial charge < -0.3 is 14.5 Å². The predicted octanol–water partition coefficient (Wildman–Crippen LogP) is 2.00. The van der Waals surface area contributed by atoms with Gasteiger partial charge in [0.1, 0.15) is 11.9 Å². The fourth-order valence-corrected chi connectivity index (χ4v) is 2.76. The SMILES string of the molecule is CCc1nc(C(=O)N[C@H]2CCC[C@H]2Oc2cn[nH]c2)c(C)o1. The molecule has 22 heavy (non-hydrogen) atoms. The van der Waals surface area contributed by atoms with E-state index < -0.39 is 0 Å². The number of aromatic amines is 1. The van der Waals surface area contributed by atoms with E-state index in [0.29, 0.717) is 29.5 Å². The molecule has 1 aliphatic rings. The minimum Gasteiger partial charge on any atom is -0.485 e. The first-order chi connectivity index (χ1) is 10.7. The lowest BCUT2D eigenvalue weighted by molar-refractivity contribution is 0.0888. The second kappa shape index (κ2) is 6.21. The van der Waals surface area contributed by atoms with Crippen LogP contribution >= 0.6 is 0 Å². The number of H-pyrrole nitrogens is 1. The molecule has 118 valence electrons. The Balaban J connectivity index is 1.65. The summed E-state index contributed by atoms with van der Waals surface area (Å²) in [5.74, 6) is 1.63. The number of nitrogens with zero attached hydrogens (tertiary/aromatic N) is 2. The molecule has 0 unspecified atom stereocenters. The molecule has 1 amide bonds. The number of ether oxygens (including phenoxy) is 1. The minimum absolute atomic E-state index is 0.0245. The molecular weight excluding hydrogens is 284 g/mol. The summed E-state index contributed by atoms with van der Waals surface area (Å²) in [6, 6.07) is -0.0245. The first-order valence-corrected chi connectivity index (χ1v) is 7.60. The van der Waals surface area contributed by atoms with Crippen LogP contribution in [0.1, 0.15) is 48.3 Å². The van der Waals surface area contributed by atoms with Crippen LogP contribution in [0.3, 0.4) is 0 Å². The summed E-state index contributed by atoms with van der Waals surface area (Å²) in [5.41, 5.74) is 0.366. The first-order valence-electron chi connectivity index (χ1n) is 7.60. The van der Waals surface area contributed by atoms with E-state index >= 15 is 0 Å². The van der Waals surface area contributed by atoms with E-state index in [-0.39, 0.29) is 18.1 Å². The molecule has 2 atom stereocenters. The molecule has 1 fully saturated rings. The van der Waals surface area contributed by atoms with Crippen molar-refractivity contribution in [2.24, 2.45) is 0 Å². The van der Waals surface area contributed by atoms with E-state index in [2.05, 4.69) is 20.5 Å². The average Bonchev–Trinajstić information content (AvgIpc) is 3.22. The van der Waals surface area contributed by atoms with Gasteiger partial charge >= 0.3 is 0 Å². The lowest BCUT2D eigenvalue weighted by Gasteiger charge is -2.21. The van der Waals surface area contributed by atoms with Crippen LogP contribution in [0.15, 0.2) is 16.8 Å². The van der Waals surface area contributed by atoms with E-state index in [0.717, 1.165) is 19.3 Å². The number of carbonyl (C=O) groups excluding carboxylic acids is 1. The van der Waals surface area contributed by atoms with E-state index in [9.17, 15) is 4.79 Å². The van der Waals surface area contributed by atoms with Crippen LogP contribution in [0.2, 0.25) is 0 Å². The van der Waals surface area contributed by atoms with Crippen molar-refractivity contribution >= 4 is 5.91 Å². The van der Waals surface area contributed by atoms with Crippen LogP contribution in [0.25, 0.3) is 0 Å². The van der Waals surface area contributed by atoms with Crippen LogP contribution in [0.4, 0.5) is 0 Å². The van der Waals surface area contributed by atoms with Gasteiger partial charge in [0, 0.05) is 6.42 Å². The molecule has 3 rings (SSSR count). The molecule has 1 saturated carbocycles. The average molecular weight is 304 g/mol. The molecule has 0 aliphatic heterocycles. The molecule has 2 heterocycles. The summed E-state index contributed by atoms with van der Waals surface area (Å²) >= 11 is 0. The van der Waals surface area contributed by atoms with Gasteiger partial charge in [-0.3, -0.25) is 9.89 Å². The highest BCUT2D eigenvalue weighted by atomic mass is 16.5. The number of amides is 1. The molecule has 0 saturated heterocycles. The zero-order chi connectivity index (χ0) is 15.5. The van der Waals surface area contributed by atoms with Crippen LogP contribution in [-0.4, -0.2) is 33.2 Å². The monoisotopic (exact) mass is 304 g/mol. The highest BCUT2D eigenvalue weighted by Crippen LogP contribution is 2.24. The Hall–Kier alpha value is -2.31. The van der Waals surface area contributed by atoms with Crippen molar-refractivity contribution in [3.63, 3.8) is 0 Å². The molecule has 2 aromatic heterocycles. The van der Waals surface area contributed by atoms with Gasteiger partial charge in [0.05, 0.1) is 18.4 Å². The molecule has 0 aromatic carbocycles. The second-order valence-electron chi connectivity index (χ2n) is 5.47. The number of carbonyl (C=O) groups is 1. The smallest absolute Gasteiger partial charge is 0.273 e. The Bertz CT molecular complexity index is 635. The number of oxazole rings is 1. The van der Waals surface area contributed by atoms with Crippen LogP contribution in [0.5, 0.6) is 5.75 Å². The quantitative estimate of drug-likeness (QED) is 0.881. The zero-order valence-electron chi connectivity index (χ0n) is 12.8. The highest BCUT2D eigenvalue weighted by Gasteiger charge is 2.32. The van der Waals surface area contributed by atoms with Crippen molar-refractivity contribution in [2.75, 3.05) is 0 Å². The molecule has 1 aliphatic carbocycles. The van der Waals surface area contributed by atoms with Crippen LogP contribution in [-0.2, 0) is 6.42 Å². The number of hydrogen-bond acceptors (Lipinski definition) is 5. The number of aromatic nitrogens is 3. The van der Waals surface area contributed by atoms with Gasteiger partial charge in [0.25, 0.3) is 5.91 Å². The van der Waals surface area contributed by atoms with Gasteiger partial charge in [-0.05, 0) is 26.2 Å². The summed E-state index contributed by atoms with van der Waals surface area (Å²) < 4.78 is 11.3. The van der Waals surface area contributed by atoms with Gasteiger partial charge in [0.15, 0.2) is 17.3 Å². The van der Waals surface area contributed by atoms with Gasteiger partial charge in [0.2, 0.25) is 0 Å². The fraction of sp³-hybridized carbons (Fsp3) is 0.533. The number of hydrogen-bond donors (Lipinski definition) is 2. The second-order valence-corrected chi connectivity index (χ2v) is 5.47. The third-order valence-corrected chi connectivity index (χ3v) is 3.89. The number of nitrogens with one attached hydrogen (secondary N) is 2. The molecule has 0 bridgehead atoms. The van der Waals surface area contributed by atoms with Gasteiger partial charge in [-0.1, -0.05) is 6.92 Å². The topological polar surface area (TPSA) is 93.0 Å². The van der Waals surface area contributed by atoms with Crippen molar-refractivity contribution in [3.8, 4) is 5.75 Å². The third kappa shape index (κ3) is 2.98. The maximum absolute atomic E-state index is 12.4. The lowest BCUT2D eigenvalue weighted by atomic mass is 10.2. The van der Waals surface area contributed by atoms with Crippen molar-refractivity contribution in [1.82, 2.24) is 20.5 Å². The number of rotatable bonds is 5. The normalized spacial score (nSPS) is 21.0. The van der Waals surface area contributed by atoms with E-state index in [1.165, 1.54) is 0 Å². The highest BCUT2D eigenvalue weighted by molar-refractivity contribution is 5.93. The molecule has 2 N–H and O–H groups in total. The van der Waals surface area contributed by atoms with Crippen molar-refractivity contribution in [1.29, 1.82) is 0 Å². The molecule has 0 spiro atoms. The van der Waals surface area contributed by atoms with E-state index in [1.54, 1.807) is 19.3 Å².